The largest absolute Gasteiger partial charge is 0.465 e. The van der Waals surface area contributed by atoms with Crippen molar-refractivity contribution in [1.82, 2.24) is 5.32 Å². The molecule has 1 amide bonds. The summed E-state index contributed by atoms with van der Waals surface area (Å²) < 4.78 is 17.6. The minimum atomic E-state index is -0.923. The van der Waals surface area contributed by atoms with E-state index in [0.717, 1.165) is 37.7 Å². The first-order valence-corrected chi connectivity index (χ1v) is 18.9. The first-order valence-electron chi connectivity index (χ1n) is 18.4. The number of carbonyl (C=O) groups is 5. The van der Waals surface area contributed by atoms with E-state index in [1.807, 2.05) is 13.0 Å². The Hall–Kier alpha value is -2.42. The van der Waals surface area contributed by atoms with Gasteiger partial charge in [-0.2, -0.15) is 0 Å². The lowest BCUT2D eigenvalue weighted by Crippen LogP contribution is -2.70. The first-order chi connectivity index (χ1) is 22.8. The second-order valence-electron chi connectivity index (χ2n) is 17.3. The third kappa shape index (κ3) is 5.86. The molecule has 0 aromatic heterocycles. The van der Waals surface area contributed by atoms with Gasteiger partial charge >= 0.3 is 17.9 Å². The molecule has 274 valence electrons. The van der Waals surface area contributed by atoms with E-state index >= 15 is 4.79 Å². The number of esters is 3. The molecule has 0 saturated heterocycles. The third-order valence-electron chi connectivity index (χ3n) is 14.7. The van der Waals surface area contributed by atoms with Gasteiger partial charge in [0.05, 0.1) is 5.41 Å². The highest BCUT2D eigenvalue weighted by molar-refractivity contribution is 6.17. The predicted molar refractivity (Wildman–Crippen MR) is 185 cm³/mol. The van der Waals surface area contributed by atoms with Crippen LogP contribution >= 0.6 is 11.6 Å². The summed E-state index contributed by atoms with van der Waals surface area (Å²) in [6.07, 6.45) is 6.04. The van der Waals surface area contributed by atoms with Gasteiger partial charge in [-0.15, -0.1) is 11.6 Å². The van der Waals surface area contributed by atoms with E-state index in [1.165, 1.54) is 20.8 Å². The van der Waals surface area contributed by atoms with Crippen LogP contribution in [0.3, 0.4) is 0 Å². The van der Waals surface area contributed by atoms with Gasteiger partial charge in [-0.25, -0.2) is 0 Å². The second kappa shape index (κ2) is 13.3. The molecule has 0 aromatic rings. The van der Waals surface area contributed by atoms with Crippen molar-refractivity contribution in [1.29, 1.82) is 0 Å². The molecule has 0 aliphatic heterocycles. The van der Waals surface area contributed by atoms with Gasteiger partial charge in [0.1, 0.15) is 18.8 Å². The van der Waals surface area contributed by atoms with Gasteiger partial charge in [0.25, 0.3) is 0 Å². The number of ketones is 1. The molecule has 5 rings (SSSR count). The van der Waals surface area contributed by atoms with Crippen molar-refractivity contribution >= 4 is 41.2 Å². The summed E-state index contributed by atoms with van der Waals surface area (Å²) in [5, 5.41) is 3.23. The number of nitrogens with one attached hydrogen (secondary N) is 1. The van der Waals surface area contributed by atoms with Gasteiger partial charge in [0.2, 0.25) is 5.91 Å². The Balaban J connectivity index is 1.64. The fourth-order valence-electron chi connectivity index (χ4n) is 12.2. The van der Waals surface area contributed by atoms with E-state index in [-0.39, 0.29) is 41.5 Å². The number of allylic oxidation sites excluding steroid dienone is 2. The third-order valence-corrected chi connectivity index (χ3v) is 14.9. The molecule has 4 fully saturated rings. The smallest absolute Gasteiger partial charge is 0.303 e. The molecule has 49 heavy (non-hydrogen) atoms. The number of ether oxygens (including phenoxy) is 3. The number of hydrogen-bond donors (Lipinski definition) is 1. The highest BCUT2D eigenvalue weighted by Crippen LogP contribution is 2.75. The first kappa shape index (κ1) is 37.8. The Bertz CT molecular complexity index is 1410. The van der Waals surface area contributed by atoms with Crippen molar-refractivity contribution in [2.45, 2.75) is 126 Å². The standard InChI is InChI=1S/C39H58ClNO8/c1-22-11-14-39(34(46)41-18-10-17-40)16-15-37(8)27(31(39)23(22)2)19-28(45)32-35(6)20-29(48-25(4)43)33(49-26(5)44)36(7,21-47-24(3)42)30(35)12-13-38(32,37)9/h19,22-23,29-33H,10-18,20-21H2,1-9H3,(H,41,46)/t22-,23+,29-,30?,31?,32?,33+,35+,36+,37-,38-,39+/m1/s1. The number of carbonyl (C=O) groups excluding carboxylic acids is 5. The predicted octanol–water partition coefficient (Wildman–Crippen LogP) is 6.58. The molecule has 5 aliphatic carbocycles. The zero-order chi connectivity index (χ0) is 36.3. The molecule has 0 bridgehead atoms. The average Bonchev–Trinajstić information content (AvgIpc) is 3.00. The quantitative estimate of drug-likeness (QED) is 0.130. The van der Waals surface area contributed by atoms with Crippen LogP contribution in [0.2, 0.25) is 0 Å². The number of amides is 1. The van der Waals surface area contributed by atoms with Gasteiger partial charge in [0.15, 0.2) is 5.78 Å². The van der Waals surface area contributed by atoms with E-state index in [4.69, 9.17) is 25.8 Å². The maximum absolute atomic E-state index is 15.0. The number of hydrogen-bond acceptors (Lipinski definition) is 8. The van der Waals surface area contributed by atoms with Crippen LogP contribution in [0.4, 0.5) is 0 Å². The lowest BCUT2D eigenvalue weighted by Gasteiger charge is -2.71. The topological polar surface area (TPSA) is 125 Å². The summed E-state index contributed by atoms with van der Waals surface area (Å²) in [7, 11) is 0. The zero-order valence-electron chi connectivity index (χ0n) is 31.0. The molecule has 10 heteroatoms. The van der Waals surface area contributed by atoms with Crippen LogP contribution in [-0.2, 0) is 38.2 Å². The number of rotatable bonds is 8. The molecule has 3 unspecified atom stereocenters. The van der Waals surface area contributed by atoms with E-state index in [1.54, 1.807) is 0 Å². The van der Waals surface area contributed by atoms with E-state index in [9.17, 15) is 19.2 Å². The molecule has 1 N–H and O–H groups in total. The van der Waals surface area contributed by atoms with Gasteiger partial charge in [-0.3, -0.25) is 24.0 Å². The van der Waals surface area contributed by atoms with E-state index in [0.29, 0.717) is 37.6 Å². The van der Waals surface area contributed by atoms with E-state index in [2.05, 4.69) is 39.9 Å². The summed E-state index contributed by atoms with van der Waals surface area (Å²) in [4.78, 5) is 66.4. The van der Waals surface area contributed by atoms with E-state index < -0.39 is 57.7 Å². The Labute approximate surface area is 297 Å². The SMILES string of the molecule is CC(=O)OC[C@@]1(C)C2CC[C@]3(C)C(C(=O)C=C4C5[C@@H](C)[C@H](C)CC[C@]5(C(=O)NCCCCl)CC[C@]43C)[C@@]2(C)C[C@@H](OC(C)=O)[C@@H]1OC(C)=O. The summed E-state index contributed by atoms with van der Waals surface area (Å²) in [5.74, 6) is -0.877. The molecule has 0 heterocycles. The average molecular weight is 704 g/mol. The number of alkyl halides is 1. The summed E-state index contributed by atoms with van der Waals surface area (Å²) in [6, 6.07) is 0. The fraction of sp³-hybridized carbons (Fsp3) is 0.821. The van der Waals surface area contributed by atoms with Crippen LogP contribution < -0.4 is 5.32 Å². The molecule has 0 spiro atoms. The maximum Gasteiger partial charge on any atom is 0.303 e. The van der Waals surface area contributed by atoms with Crippen molar-refractivity contribution in [3.63, 3.8) is 0 Å². The van der Waals surface area contributed by atoms with Crippen molar-refractivity contribution in [3.8, 4) is 0 Å². The lowest BCUT2D eigenvalue weighted by atomic mass is 9.33. The molecule has 5 aliphatic rings. The van der Waals surface area contributed by atoms with Crippen molar-refractivity contribution in [2.24, 2.45) is 56.7 Å². The van der Waals surface area contributed by atoms with Crippen molar-refractivity contribution in [2.75, 3.05) is 19.0 Å². The highest BCUT2D eigenvalue weighted by atomic mass is 35.5. The fourth-order valence-corrected chi connectivity index (χ4v) is 12.3. The molecule has 12 atom stereocenters. The maximum atomic E-state index is 15.0. The van der Waals surface area contributed by atoms with Gasteiger partial charge in [-0.1, -0.05) is 47.1 Å². The molecule has 9 nitrogen and oxygen atoms in total. The Morgan fingerprint density at radius 2 is 1.59 bits per heavy atom. The lowest BCUT2D eigenvalue weighted by molar-refractivity contribution is -0.251. The summed E-state index contributed by atoms with van der Waals surface area (Å²) >= 11 is 5.96. The monoisotopic (exact) mass is 703 g/mol. The van der Waals surface area contributed by atoms with Gasteiger partial charge in [0, 0.05) is 44.5 Å². The zero-order valence-corrected chi connectivity index (χ0v) is 31.8. The molecule has 0 radical (unpaired) electrons. The molecular formula is C39H58ClNO8. The molecular weight excluding hydrogens is 646 g/mol. The summed E-state index contributed by atoms with van der Waals surface area (Å²) in [6.45, 7) is 17.7. The van der Waals surface area contributed by atoms with Crippen LogP contribution in [0.5, 0.6) is 0 Å². The van der Waals surface area contributed by atoms with Crippen molar-refractivity contribution < 1.29 is 38.2 Å². The normalized spacial score (nSPS) is 44.2. The highest BCUT2D eigenvalue weighted by Gasteiger charge is 2.73. The summed E-state index contributed by atoms with van der Waals surface area (Å²) in [5.41, 5.74) is -1.86. The van der Waals surface area contributed by atoms with Crippen LogP contribution in [0.25, 0.3) is 0 Å². The second-order valence-corrected chi connectivity index (χ2v) is 17.6. The Morgan fingerprint density at radius 1 is 0.918 bits per heavy atom. The molecule has 4 saturated carbocycles. The Kier molecular flexibility index (Phi) is 10.3. The van der Waals surface area contributed by atoms with Crippen LogP contribution in [0.1, 0.15) is 114 Å². The number of halogens is 1. The minimum Gasteiger partial charge on any atom is -0.465 e. The van der Waals surface area contributed by atoms with Crippen LogP contribution in [-0.4, -0.2) is 60.8 Å². The van der Waals surface area contributed by atoms with Crippen molar-refractivity contribution in [3.05, 3.63) is 11.6 Å². The van der Waals surface area contributed by atoms with Gasteiger partial charge in [-0.05, 0) is 97.4 Å². The minimum absolute atomic E-state index is 0.0346. The Morgan fingerprint density at radius 3 is 2.20 bits per heavy atom. The van der Waals surface area contributed by atoms with Crippen LogP contribution in [0, 0.1) is 56.7 Å². The van der Waals surface area contributed by atoms with Gasteiger partial charge < -0.3 is 19.5 Å². The molecule has 0 aromatic carbocycles. The number of fused-ring (bicyclic) bond motifs is 7. The van der Waals surface area contributed by atoms with Crippen LogP contribution in [0.15, 0.2) is 11.6 Å².